The van der Waals surface area contributed by atoms with E-state index in [-0.39, 0.29) is 0 Å². The van der Waals surface area contributed by atoms with Crippen molar-refractivity contribution in [3.05, 3.63) is 47.5 Å². The Bertz CT molecular complexity index is 650. The van der Waals surface area contributed by atoms with Gasteiger partial charge in [-0.25, -0.2) is 0 Å². The minimum Gasteiger partial charge on any atom is -0.494 e. The zero-order valence-corrected chi connectivity index (χ0v) is 12.7. The van der Waals surface area contributed by atoms with E-state index in [9.17, 15) is 0 Å². The number of ether oxygens (including phenoxy) is 3. The monoisotopic (exact) mass is 285 g/mol. The van der Waals surface area contributed by atoms with Gasteiger partial charge in [0.1, 0.15) is 11.4 Å². The first-order chi connectivity index (χ1) is 10.2. The van der Waals surface area contributed by atoms with Crippen molar-refractivity contribution in [2.75, 3.05) is 21.3 Å². The van der Waals surface area contributed by atoms with Crippen LogP contribution in [0.5, 0.6) is 17.2 Å². The van der Waals surface area contributed by atoms with Gasteiger partial charge in [0.25, 0.3) is 0 Å². The molecule has 0 spiro atoms. The van der Waals surface area contributed by atoms with Gasteiger partial charge in [0.2, 0.25) is 0 Å². The van der Waals surface area contributed by atoms with Crippen LogP contribution in [0, 0.1) is 6.92 Å². The van der Waals surface area contributed by atoms with Crippen molar-refractivity contribution in [3.63, 3.8) is 0 Å². The Hall–Kier alpha value is -2.49. The van der Waals surface area contributed by atoms with Crippen LogP contribution >= 0.6 is 0 Å². The molecule has 0 unspecified atom stereocenters. The number of aliphatic imine (C=N–C) groups is 1. The van der Waals surface area contributed by atoms with Gasteiger partial charge in [0, 0.05) is 6.21 Å². The second-order valence-electron chi connectivity index (χ2n) is 4.49. The average Bonchev–Trinajstić information content (AvgIpc) is 2.53. The van der Waals surface area contributed by atoms with Crippen LogP contribution in [0.3, 0.4) is 0 Å². The van der Waals surface area contributed by atoms with Crippen LogP contribution in [0.2, 0.25) is 0 Å². The van der Waals surface area contributed by atoms with Crippen molar-refractivity contribution in [1.82, 2.24) is 0 Å². The van der Waals surface area contributed by atoms with E-state index in [1.807, 2.05) is 43.3 Å². The fraction of sp³-hybridized carbons (Fsp3) is 0.235. The molecule has 4 heteroatoms. The first-order valence-corrected chi connectivity index (χ1v) is 6.59. The Morgan fingerprint density at radius 2 is 1.48 bits per heavy atom. The maximum atomic E-state index is 5.32. The highest BCUT2D eigenvalue weighted by Crippen LogP contribution is 2.30. The van der Waals surface area contributed by atoms with E-state index in [2.05, 4.69) is 4.99 Å². The van der Waals surface area contributed by atoms with Crippen molar-refractivity contribution in [2.24, 2.45) is 4.99 Å². The van der Waals surface area contributed by atoms with Gasteiger partial charge in [-0.15, -0.1) is 0 Å². The van der Waals surface area contributed by atoms with Gasteiger partial charge in [0.15, 0.2) is 11.5 Å². The first-order valence-electron chi connectivity index (χ1n) is 6.59. The van der Waals surface area contributed by atoms with Crippen molar-refractivity contribution in [3.8, 4) is 17.2 Å². The third kappa shape index (κ3) is 3.34. The van der Waals surface area contributed by atoms with Crippen LogP contribution in [0.15, 0.2) is 41.4 Å². The molecule has 0 aliphatic rings. The van der Waals surface area contributed by atoms with E-state index >= 15 is 0 Å². The summed E-state index contributed by atoms with van der Waals surface area (Å²) >= 11 is 0. The molecule has 0 fully saturated rings. The molecule has 2 aromatic rings. The second-order valence-corrected chi connectivity index (χ2v) is 4.49. The maximum Gasteiger partial charge on any atom is 0.161 e. The Labute approximate surface area is 125 Å². The van der Waals surface area contributed by atoms with Crippen LogP contribution in [0.25, 0.3) is 0 Å². The fourth-order valence-electron chi connectivity index (χ4n) is 2.01. The number of aryl methyl sites for hydroxylation is 1. The summed E-state index contributed by atoms with van der Waals surface area (Å²) in [7, 11) is 4.88. The summed E-state index contributed by atoms with van der Waals surface area (Å²) in [6.45, 7) is 2.01. The molecule has 0 aliphatic carbocycles. The molecule has 110 valence electrons. The number of hydrogen-bond donors (Lipinski definition) is 0. The Kier molecular flexibility index (Phi) is 4.82. The molecule has 0 bridgehead atoms. The molecule has 0 saturated carbocycles. The highest BCUT2D eigenvalue weighted by Gasteiger charge is 2.07. The molecular formula is C17H19NO3. The number of hydrogen-bond acceptors (Lipinski definition) is 4. The Balaban J connectivity index is 2.37. The van der Waals surface area contributed by atoms with Gasteiger partial charge in [0.05, 0.1) is 21.3 Å². The number of methoxy groups -OCH3 is 3. The number of benzene rings is 2. The lowest BCUT2D eigenvalue weighted by atomic mass is 10.1. The highest BCUT2D eigenvalue weighted by atomic mass is 16.5. The predicted octanol–water partition coefficient (Wildman–Crippen LogP) is 3.77. The molecule has 0 amide bonds. The Morgan fingerprint density at radius 1 is 0.857 bits per heavy atom. The molecule has 0 aliphatic heterocycles. The topological polar surface area (TPSA) is 40.0 Å². The molecule has 0 radical (unpaired) electrons. The number of nitrogens with zero attached hydrogens (tertiary/aromatic N) is 1. The van der Waals surface area contributed by atoms with Crippen LogP contribution in [0.4, 0.5) is 5.69 Å². The molecule has 0 saturated heterocycles. The van der Waals surface area contributed by atoms with Crippen LogP contribution < -0.4 is 14.2 Å². The lowest BCUT2D eigenvalue weighted by Gasteiger charge is -2.10. The van der Waals surface area contributed by atoms with Gasteiger partial charge in [-0.05, 0) is 42.3 Å². The third-order valence-corrected chi connectivity index (χ3v) is 3.20. The van der Waals surface area contributed by atoms with Gasteiger partial charge < -0.3 is 14.2 Å². The largest absolute Gasteiger partial charge is 0.494 e. The maximum absolute atomic E-state index is 5.32. The summed E-state index contributed by atoms with van der Waals surface area (Å²) in [5, 5.41) is 0. The molecule has 21 heavy (non-hydrogen) atoms. The molecule has 2 aromatic carbocycles. The smallest absolute Gasteiger partial charge is 0.161 e. The van der Waals surface area contributed by atoms with E-state index in [0.717, 1.165) is 22.6 Å². The molecule has 0 aromatic heterocycles. The average molecular weight is 285 g/mol. The van der Waals surface area contributed by atoms with Crippen LogP contribution in [0.1, 0.15) is 11.1 Å². The van der Waals surface area contributed by atoms with Gasteiger partial charge in [-0.3, -0.25) is 4.99 Å². The van der Waals surface area contributed by atoms with E-state index in [1.165, 1.54) is 0 Å². The molecule has 0 N–H and O–H groups in total. The highest BCUT2D eigenvalue weighted by molar-refractivity contribution is 5.85. The minimum absolute atomic E-state index is 0.685. The summed E-state index contributed by atoms with van der Waals surface area (Å²) in [5.41, 5.74) is 2.82. The van der Waals surface area contributed by atoms with Crippen molar-refractivity contribution >= 4 is 11.9 Å². The quantitative estimate of drug-likeness (QED) is 0.785. The summed E-state index contributed by atoms with van der Waals surface area (Å²) in [6.07, 6.45) is 1.80. The van der Waals surface area contributed by atoms with E-state index in [1.54, 1.807) is 27.5 Å². The van der Waals surface area contributed by atoms with Crippen LogP contribution in [-0.4, -0.2) is 27.5 Å². The lowest BCUT2D eigenvalue weighted by Crippen LogP contribution is -1.95. The van der Waals surface area contributed by atoms with E-state index in [0.29, 0.717) is 11.5 Å². The first kappa shape index (κ1) is 14.9. The third-order valence-electron chi connectivity index (χ3n) is 3.20. The second kappa shape index (κ2) is 6.79. The van der Waals surface area contributed by atoms with Crippen LogP contribution in [-0.2, 0) is 0 Å². The van der Waals surface area contributed by atoms with E-state index < -0.39 is 0 Å². The lowest BCUT2D eigenvalue weighted by molar-refractivity contribution is 0.354. The van der Waals surface area contributed by atoms with Gasteiger partial charge in [-0.2, -0.15) is 0 Å². The van der Waals surface area contributed by atoms with E-state index in [4.69, 9.17) is 14.2 Å². The standard InChI is InChI=1S/C17H19NO3/c1-12-9-16(20-3)17(21-4)10-13(12)11-18-14-7-5-6-8-15(14)19-2/h5-11H,1-4H3. The van der Waals surface area contributed by atoms with Gasteiger partial charge >= 0.3 is 0 Å². The molecule has 4 nitrogen and oxygen atoms in total. The predicted molar refractivity (Wildman–Crippen MR) is 84.5 cm³/mol. The number of rotatable bonds is 5. The summed E-state index contributed by atoms with van der Waals surface area (Å²) in [6, 6.07) is 11.5. The van der Waals surface area contributed by atoms with Crippen molar-refractivity contribution < 1.29 is 14.2 Å². The summed E-state index contributed by atoms with van der Waals surface area (Å²) < 4.78 is 15.9. The summed E-state index contributed by atoms with van der Waals surface area (Å²) in [5.74, 6) is 2.14. The molecule has 0 atom stereocenters. The summed E-state index contributed by atoms with van der Waals surface area (Å²) in [4.78, 5) is 4.49. The molecule has 2 rings (SSSR count). The van der Waals surface area contributed by atoms with Crippen molar-refractivity contribution in [2.45, 2.75) is 6.92 Å². The molecular weight excluding hydrogens is 266 g/mol. The van der Waals surface area contributed by atoms with Crippen molar-refractivity contribution in [1.29, 1.82) is 0 Å². The normalized spacial score (nSPS) is 10.7. The zero-order chi connectivity index (χ0) is 15.2. The minimum atomic E-state index is 0.685. The zero-order valence-electron chi connectivity index (χ0n) is 12.7. The number of para-hydroxylation sites is 2. The molecule has 0 heterocycles. The fourth-order valence-corrected chi connectivity index (χ4v) is 2.01. The SMILES string of the molecule is COc1ccccc1N=Cc1cc(OC)c(OC)cc1C. The van der Waals surface area contributed by atoms with Gasteiger partial charge in [-0.1, -0.05) is 12.1 Å². The Morgan fingerprint density at radius 3 is 2.14 bits per heavy atom.